The second-order valence-corrected chi connectivity index (χ2v) is 5.19. The molecule has 0 aliphatic carbocycles. The van der Waals surface area contributed by atoms with Crippen molar-refractivity contribution in [3.63, 3.8) is 0 Å². The summed E-state index contributed by atoms with van der Waals surface area (Å²) in [5.74, 6) is -1.69. The van der Waals surface area contributed by atoms with Crippen molar-refractivity contribution in [1.82, 2.24) is 9.88 Å². The molecule has 1 saturated heterocycles. The van der Waals surface area contributed by atoms with Crippen LogP contribution < -0.4 is 0 Å². The minimum Gasteiger partial charge on any atom is -0.481 e. The first-order chi connectivity index (χ1) is 9.08. The van der Waals surface area contributed by atoms with E-state index in [2.05, 4.69) is 4.98 Å². The third-order valence-corrected chi connectivity index (χ3v) is 3.75. The van der Waals surface area contributed by atoms with Crippen molar-refractivity contribution in [1.29, 1.82) is 0 Å². The highest BCUT2D eigenvalue weighted by molar-refractivity contribution is 7.99. The van der Waals surface area contributed by atoms with E-state index in [-0.39, 0.29) is 31.1 Å². The minimum atomic E-state index is -1.05. The second kappa shape index (κ2) is 5.83. The number of likely N-dealkylation sites (tertiary alicyclic amines) is 1. The lowest BCUT2D eigenvalue weighted by Gasteiger charge is -2.23. The fraction of sp³-hybridized carbons (Fsp3) is 0.333. The molecule has 1 aromatic rings. The molecule has 1 atom stereocenters. The fourth-order valence-electron chi connectivity index (χ4n) is 1.81. The van der Waals surface area contributed by atoms with Crippen molar-refractivity contribution < 1.29 is 19.5 Å². The van der Waals surface area contributed by atoms with Gasteiger partial charge in [-0.3, -0.25) is 19.3 Å². The van der Waals surface area contributed by atoms with E-state index in [9.17, 15) is 14.4 Å². The molecule has 7 heteroatoms. The minimum absolute atomic E-state index is 0.151. The summed E-state index contributed by atoms with van der Waals surface area (Å²) in [5.41, 5.74) is 0. The summed E-state index contributed by atoms with van der Waals surface area (Å²) in [5, 5.41) is 8.76. The Morgan fingerprint density at radius 2 is 2.05 bits per heavy atom. The lowest BCUT2D eigenvalue weighted by Crippen LogP contribution is -2.38. The summed E-state index contributed by atoms with van der Waals surface area (Å²) in [4.78, 5) is 39.4. The highest BCUT2D eigenvalue weighted by atomic mass is 32.2. The predicted octanol–water partition coefficient (Wildman–Crippen LogP) is 1.12. The Kier molecular flexibility index (Phi) is 4.16. The number of carboxylic acid groups (broad SMARTS) is 1. The number of hydrogen-bond acceptors (Lipinski definition) is 5. The quantitative estimate of drug-likeness (QED) is 0.642. The molecule has 100 valence electrons. The molecule has 1 aliphatic heterocycles. The Balaban J connectivity index is 2.18. The highest BCUT2D eigenvalue weighted by Gasteiger charge is 2.36. The van der Waals surface area contributed by atoms with Gasteiger partial charge in [-0.1, -0.05) is 17.8 Å². The highest BCUT2D eigenvalue weighted by Crippen LogP contribution is 2.30. The standard InChI is InChI=1S/C12H12N2O4S/c15-9-4-5-10(16)14(9)11(7-12(17)18)19-8-3-1-2-6-13-8/h1-3,6,11H,4-5,7H2,(H,17,18). The van der Waals surface area contributed by atoms with Gasteiger partial charge in [-0.25, -0.2) is 4.98 Å². The Hall–Kier alpha value is -1.89. The number of carboxylic acids is 1. The molecule has 19 heavy (non-hydrogen) atoms. The molecule has 1 N–H and O–H groups in total. The van der Waals surface area contributed by atoms with Gasteiger partial charge in [0.2, 0.25) is 11.8 Å². The monoisotopic (exact) mass is 280 g/mol. The average molecular weight is 280 g/mol. The maximum absolute atomic E-state index is 11.7. The molecule has 2 rings (SSSR count). The van der Waals surface area contributed by atoms with Gasteiger partial charge in [-0.2, -0.15) is 0 Å². The summed E-state index contributed by atoms with van der Waals surface area (Å²) in [6, 6.07) is 5.22. The molecule has 1 unspecified atom stereocenters. The third kappa shape index (κ3) is 3.31. The predicted molar refractivity (Wildman–Crippen MR) is 67.2 cm³/mol. The van der Waals surface area contributed by atoms with Crippen LogP contribution in [0.25, 0.3) is 0 Å². The van der Waals surface area contributed by atoms with Gasteiger partial charge in [-0.05, 0) is 12.1 Å². The SMILES string of the molecule is O=C(O)CC(Sc1ccccn1)N1C(=O)CCC1=O. The summed E-state index contributed by atoms with van der Waals surface area (Å²) in [7, 11) is 0. The number of pyridine rings is 1. The van der Waals surface area contributed by atoms with Crippen LogP contribution in [0.2, 0.25) is 0 Å². The van der Waals surface area contributed by atoms with Crippen molar-refractivity contribution in [2.45, 2.75) is 29.7 Å². The number of aliphatic carboxylic acids is 1. The molecular formula is C12H12N2O4S. The van der Waals surface area contributed by atoms with Gasteiger partial charge < -0.3 is 5.11 Å². The van der Waals surface area contributed by atoms with E-state index < -0.39 is 11.3 Å². The number of aromatic nitrogens is 1. The van der Waals surface area contributed by atoms with Crippen molar-refractivity contribution in [3.8, 4) is 0 Å². The van der Waals surface area contributed by atoms with Gasteiger partial charge in [0.1, 0.15) is 5.37 Å². The molecule has 1 aromatic heterocycles. The number of carbonyl (C=O) groups is 3. The van der Waals surface area contributed by atoms with Crippen LogP contribution in [0.5, 0.6) is 0 Å². The van der Waals surface area contributed by atoms with Crippen molar-refractivity contribution >= 4 is 29.5 Å². The van der Waals surface area contributed by atoms with E-state index in [1.807, 2.05) is 0 Å². The van der Waals surface area contributed by atoms with E-state index in [1.165, 1.54) is 0 Å². The zero-order chi connectivity index (χ0) is 13.8. The zero-order valence-electron chi connectivity index (χ0n) is 9.98. The molecule has 0 spiro atoms. The normalized spacial score (nSPS) is 16.7. The maximum Gasteiger partial charge on any atom is 0.306 e. The van der Waals surface area contributed by atoms with Gasteiger partial charge in [0.05, 0.1) is 11.4 Å². The largest absolute Gasteiger partial charge is 0.481 e. The molecule has 2 amide bonds. The molecule has 0 bridgehead atoms. The second-order valence-electron chi connectivity index (χ2n) is 4.00. The Labute approximate surface area is 113 Å². The molecular weight excluding hydrogens is 268 g/mol. The van der Waals surface area contributed by atoms with Crippen molar-refractivity contribution in [2.24, 2.45) is 0 Å². The van der Waals surface area contributed by atoms with Crippen LogP contribution >= 0.6 is 11.8 Å². The molecule has 2 heterocycles. The number of imide groups is 1. The summed E-state index contributed by atoms with van der Waals surface area (Å²) in [6.45, 7) is 0. The number of carbonyl (C=O) groups excluding carboxylic acids is 2. The zero-order valence-corrected chi connectivity index (χ0v) is 10.8. The number of hydrogen-bond donors (Lipinski definition) is 1. The molecule has 0 aromatic carbocycles. The molecule has 0 saturated carbocycles. The molecule has 1 aliphatic rings. The number of nitrogens with zero attached hydrogens (tertiary/aromatic N) is 2. The molecule has 1 fully saturated rings. The third-order valence-electron chi connectivity index (χ3n) is 2.62. The van der Waals surface area contributed by atoms with E-state index >= 15 is 0 Å². The van der Waals surface area contributed by atoms with Gasteiger partial charge in [-0.15, -0.1) is 0 Å². The first kappa shape index (κ1) is 13.5. The van der Waals surface area contributed by atoms with Crippen molar-refractivity contribution in [3.05, 3.63) is 24.4 Å². The van der Waals surface area contributed by atoms with E-state index in [4.69, 9.17) is 5.11 Å². The Bertz CT molecular complexity index is 490. The Morgan fingerprint density at radius 3 is 2.58 bits per heavy atom. The lowest BCUT2D eigenvalue weighted by atomic mass is 10.4. The van der Waals surface area contributed by atoms with Crippen LogP contribution in [-0.4, -0.2) is 38.1 Å². The summed E-state index contributed by atoms with van der Waals surface area (Å²) in [6.07, 6.45) is 1.59. The summed E-state index contributed by atoms with van der Waals surface area (Å²) >= 11 is 1.11. The van der Waals surface area contributed by atoms with Gasteiger partial charge in [0.25, 0.3) is 0 Å². The lowest BCUT2D eigenvalue weighted by molar-refractivity contribution is -0.141. The van der Waals surface area contributed by atoms with Crippen LogP contribution in [0, 0.1) is 0 Å². The van der Waals surface area contributed by atoms with Gasteiger partial charge >= 0.3 is 5.97 Å². The van der Waals surface area contributed by atoms with Crippen LogP contribution in [0.4, 0.5) is 0 Å². The first-order valence-electron chi connectivity index (χ1n) is 5.72. The van der Waals surface area contributed by atoms with Crippen LogP contribution in [-0.2, 0) is 14.4 Å². The average Bonchev–Trinajstić information content (AvgIpc) is 2.69. The maximum atomic E-state index is 11.7. The van der Waals surface area contributed by atoms with Crippen LogP contribution in [0.3, 0.4) is 0 Å². The number of thioether (sulfide) groups is 1. The summed E-state index contributed by atoms with van der Waals surface area (Å²) < 4.78 is 0. The number of amides is 2. The molecule has 0 radical (unpaired) electrons. The van der Waals surface area contributed by atoms with Gasteiger partial charge in [0, 0.05) is 19.0 Å². The number of rotatable bonds is 5. The van der Waals surface area contributed by atoms with Gasteiger partial charge in [0.15, 0.2) is 0 Å². The fourth-order valence-corrected chi connectivity index (χ4v) is 2.93. The van der Waals surface area contributed by atoms with E-state index in [0.717, 1.165) is 16.7 Å². The Morgan fingerprint density at radius 1 is 1.37 bits per heavy atom. The van der Waals surface area contributed by atoms with Crippen LogP contribution in [0.15, 0.2) is 29.4 Å². The smallest absolute Gasteiger partial charge is 0.306 e. The van der Waals surface area contributed by atoms with Crippen LogP contribution in [0.1, 0.15) is 19.3 Å². The van der Waals surface area contributed by atoms with E-state index in [0.29, 0.717) is 5.03 Å². The topological polar surface area (TPSA) is 87.6 Å². The van der Waals surface area contributed by atoms with E-state index in [1.54, 1.807) is 24.4 Å². The molecule has 6 nitrogen and oxygen atoms in total. The first-order valence-corrected chi connectivity index (χ1v) is 6.60. The van der Waals surface area contributed by atoms with Crippen molar-refractivity contribution in [2.75, 3.05) is 0 Å².